The summed E-state index contributed by atoms with van der Waals surface area (Å²) in [5, 5.41) is 11.8. The second kappa shape index (κ2) is 6.52. The topological polar surface area (TPSA) is 91.8 Å². The number of nitrogens with one attached hydrogen (secondary N) is 1. The number of rotatable bonds is 5. The van der Waals surface area contributed by atoms with Crippen molar-refractivity contribution in [3.63, 3.8) is 0 Å². The van der Waals surface area contributed by atoms with E-state index in [1.54, 1.807) is 0 Å². The molecule has 2 fully saturated rings. The molecule has 0 aromatic carbocycles. The van der Waals surface area contributed by atoms with Crippen molar-refractivity contribution in [3.05, 3.63) is 36.0 Å². The Labute approximate surface area is 152 Å². The Morgan fingerprint density at radius 1 is 1.48 bits per heavy atom. The summed E-state index contributed by atoms with van der Waals surface area (Å²) < 4.78 is 44.2. The van der Waals surface area contributed by atoms with E-state index in [-0.39, 0.29) is 18.8 Å². The molecule has 1 saturated heterocycles. The van der Waals surface area contributed by atoms with E-state index in [4.69, 9.17) is 4.74 Å². The van der Waals surface area contributed by atoms with E-state index in [0.29, 0.717) is 12.0 Å². The molecule has 0 radical (unpaired) electrons. The minimum absolute atomic E-state index is 0.127. The third-order valence-corrected chi connectivity index (χ3v) is 4.84. The molecule has 2 heterocycles. The van der Waals surface area contributed by atoms with Gasteiger partial charge in [-0.1, -0.05) is 12.1 Å². The number of carbonyl (C=O) groups excluding carboxylic acids is 1. The van der Waals surface area contributed by atoms with E-state index in [9.17, 15) is 27.9 Å². The van der Waals surface area contributed by atoms with Crippen molar-refractivity contribution in [2.24, 2.45) is 0 Å². The lowest BCUT2D eigenvalue weighted by Gasteiger charge is -2.23. The molecule has 1 aliphatic heterocycles. The van der Waals surface area contributed by atoms with Gasteiger partial charge in [-0.05, 0) is 18.6 Å². The van der Waals surface area contributed by atoms with E-state index in [1.165, 1.54) is 19.1 Å². The van der Waals surface area contributed by atoms with Gasteiger partial charge in [-0.3, -0.25) is 9.69 Å². The zero-order chi connectivity index (χ0) is 20.0. The molecule has 1 saturated carbocycles. The second-order valence-corrected chi connectivity index (χ2v) is 6.64. The summed E-state index contributed by atoms with van der Waals surface area (Å²) in [5.74, 6) is -0.983. The number of hydrogen-bond donors (Lipinski definition) is 2. The molecule has 1 aromatic heterocycles. The summed E-state index contributed by atoms with van der Waals surface area (Å²) in [6.07, 6.45) is -3.81. The fourth-order valence-corrected chi connectivity index (χ4v) is 3.42. The number of carboxylic acid groups (broad SMARTS) is 1. The highest BCUT2D eigenvalue weighted by Crippen LogP contribution is 2.54. The molecule has 10 heteroatoms. The van der Waals surface area contributed by atoms with Crippen LogP contribution in [-0.4, -0.2) is 51.3 Å². The van der Waals surface area contributed by atoms with Gasteiger partial charge in [0.2, 0.25) is 5.91 Å². The van der Waals surface area contributed by atoms with Gasteiger partial charge in [0, 0.05) is 12.8 Å². The van der Waals surface area contributed by atoms with Crippen LogP contribution in [0.1, 0.15) is 24.1 Å². The first-order chi connectivity index (χ1) is 12.6. The standard InChI is InChI=1S/C17H18F3N3O4/c1-3-6-27-16-7-10(23(15(25)26)12(16)8-16)14(24)22-13-9(2)4-5-11(21-13)17(18,19)20/h3-5,10,12H,1,6-8H2,2H3,(H,25,26)(H,21,22,24)/t10-,12+,16+/m0/s1. The van der Waals surface area contributed by atoms with Crippen LogP contribution in [0.3, 0.4) is 0 Å². The van der Waals surface area contributed by atoms with Crippen molar-refractivity contribution >= 4 is 17.8 Å². The number of carbonyl (C=O) groups is 2. The number of alkyl halides is 3. The SMILES string of the molecule is C=CCO[C@@]12C[C@@H](C(=O)Nc3nc(C(F)(F)F)ccc3C)N(C(=O)O)[C@@H]1C2. The van der Waals surface area contributed by atoms with Crippen LogP contribution in [0.15, 0.2) is 24.8 Å². The van der Waals surface area contributed by atoms with E-state index < -0.39 is 41.6 Å². The molecule has 2 N–H and O–H groups in total. The maximum absolute atomic E-state index is 12.8. The molecule has 0 unspecified atom stereocenters. The smallest absolute Gasteiger partial charge is 0.433 e. The Morgan fingerprint density at radius 3 is 2.78 bits per heavy atom. The van der Waals surface area contributed by atoms with Gasteiger partial charge in [0.05, 0.1) is 18.2 Å². The molecule has 1 aromatic rings. The molecular weight excluding hydrogens is 367 g/mol. The van der Waals surface area contributed by atoms with Crippen molar-refractivity contribution in [2.45, 2.75) is 43.6 Å². The van der Waals surface area contributed by atoms with Crippen LogP contribution in [0, 0.1) is 6.92 Å². The number of aryl methyl sites for hydroxylation is 1. The first kappa shape index (κ1) is 19.2. The largest absolute Gasteiger partial charge is 0.465 e. The number of halogens is 3. The molecular formula is C17H18F3N3O4. The summed E-state index contributed by atoms with van der Waals surface area (Å²) in [7, 11) is 0. The molecule has 7 nitrogen and oxygen atoms in total. The highest BCUT2D eigenvalue weighted by Gasteiger charge is 2.69. The Hall–Kier alpha value is -2.62. The Bertz CT molecular complexity index is 798. The lowest BCUT2D eigenvalue weighted by Crippen LogP contribution is -2.45. The van der Waals surface area contributed by atoms with Crippen molar-refractivity contribution in [1.82, 2.24) is 9.88 Å². The molecule has 2 aliphatic rings. The summed E-state index contributed by atoms with van der Waals surface area (Å²) in [6.45, 7) is 5.25. The van der Waals surface area contributed by atoms with Gasteiger partial charge in [0.15, 0.2) is 0 Å². The minimum Gasteiger partial charge on any atom is -0.465 e. The summed E-state index contributed by atoms with van der Waals surface area (Å²) >= 11 is 0. The quantitative estimate of drug-likeness (QED) is 0.761. The first-order valence-corrected chi connectivity index (χ1v) is 8.21. The fraction of sp³-hybridized carbons (Fsp3) is 0.471. The zero-order valence-corrected chi connectivity index (χ0v) is 14.4. The van der Waals surface area contributed by atoms with Crippen molar-refractivity contribution < 1.29 is 32.6 Å². The van der Waals surface area contributed by atoms with Crippen LogP contribution in [0.25, 0.3) is 0 Å². The van der Waals surface area contributed by atoms with Crippen molar-refractivity contribution in [3.8, 4) is 0 Å². The Kier molecular flexibility index (Phi) is 4.62. The number of pyridine rings is 1. The lowest BCUT2D eigenvalue weighted by molar-refractivity contribution is -0.141. The summed E-state index contributed by atoms with van der Waals surface area (Å²) in [5.41, 5.74) is -1.55. The van der Waals surface area contributed by atoms with Crippen LogP contribution in [0.5, 0.6) is 0 Å². The molecule has 0 spiro atoms. The van der Waals surface area contributed by atoms with E-state index >= 15 is 0 Å². The first-order valence-electron chi connectivity index (χ1n) is 8.21. The second-order valence-electron chi connectivity index (χ2n) is 6.64. The number of aromatic nitrogens is 1. The number of fused-ring (bicyclic) bond motifs is 1. The number of ether oxygens (including phenoxy) is 1. The number of hydrogen-bond acceptors (Lipinski definition) is 4. The minimum atomic E-state index is -4.65. The van der Waals surface area contributed by atoms with Crippen LogP contribution in [0.4, 0.5) is 23.8 Å². The highest BCUT2D eigenvalue weighted by molar-refractivity contribution is 5.97. The monoisotopic (exact) mass is 385 g/mol. The lowest BCUT2D eigenvalue weighted by atomic mass is 10.1. The zero-order valence-electron chi connectivity index (χ0n) is 14.4. The molecule has 1 aliphatic carbocycles. The van der Waals surface area contributed by atoms with Gasteiger partial charge in [-0.2, -0.15) is 13.2 Å². The average Bonchev–Trinajstić information content (AvgIpc) is 3.17. The van der Waals surface area contributed by atoms with E-state index in [1.807, 2.05) is 0 Å². The molecule has 2 amide bonds. The van der Waals surface area contributed by atoms with Crippen LogP contribution >= 0.6 is 0 Å². The van der Waals surface area contributed by atoms with Gasteiger partial charge in [-0.25, -0.2) is 9.78 Å². The summed E-state index contributed by atoms with van der Waals surface area (Å²) in [6, 6.07) is 0.488. The normalized spacial score (nSPS) is 26.4. The van der Waals surface area contributed by atoms with Crippen LogP contribution in [0.2, 0.25) is 0 Å². The molecule has 146 valence electrons. The van der Waals surface area contributed by atoms with Gasteiger partial charge in [0.25, 0.3) is 0 Å². The fourth-order valence-electron chi connectivity index (χ4n) is 3.42. The Balaban J connectivity index is 1.80. The van der Waals surface area contributed by atoms with Gasteiger partial charge < -0.3 is 15.2 Å². The number of anilines is 1. The number of amides is 2. The number of piperidine rings is 1. The average molecular weight is 385 g/mol. The van der Waals surface area contributed by atoms with Gasteiger partial charge in [-0.15, -0.1) is 6.58 Å². The third kappa shape index (κ3) is 3.48. The third-order valence-electron chi connectivity index (χ3n) is 4.84. The Morgan fingerprint density at radius 2 is 2.19 bits per heavy atom. The highest BCUT2D eigenvalue weighted by atomic mass is 19.4. The van der Waals surface area contributed by atoms with Crippen LogP contribution in [-0.2, 0) is 15.7 Å². The maximum Gasteiger partial charge on any atom is 0.433 e. The number of likely N-dealkylation sites (tertiary alicyclic amines) is 1. The van der Waals surface area contributed by atoms with Crippen molar-refractivity contribution in [1.29, 1.82) is 0 Å². The van der Waals surface area contributed by atoms with Crippen LogP contribution < -0.4 is 5.32 Å². The van der Waals surface area contributed by atoms with E-state index in [0.717, 1.165) is 11.0 Å². The predicted octanol–water partition coefficient (Wildman–Crippen LogP) is 2.81. The number of nitrogens with zero attached hydrogens (tertiary/aromatic N) is 2. The molecule has 0 bridgehead atoms. The summed E-state index contributed by atoms with van der Waals surface area (Å²) in [4.78, 5) is 28.6. The molecule has 3 rings (SSSR count). The molecule has 27 heavy (non-hydrogen) atoms. The van der Waals surface area contributed by atoms with Gasteiger partial charge in [0.1, 0.15) is 17.6 Å². The van der Waals surface area contributed by atoms with Gasteiger partial charge >= 0.3 is 12.3 Å². The predicted molar refractivity (Wildman–Crippen MR) is 88.2 cm³/mol. The van der Waals surface area contributed by atoms with E-state index in [2.05, 4.69) is 16.9 Å². The maximum atomic E-state index is 12.8. The van der Waals surface area contributed by atoms with Crippen molar-refractivity contribution in [2.75, 3.05) is 11.9 Å². The molecule has 3 atom stereocenters.